The quantitative estimate of drug-likeness (QED) is 0.801. The second-order valence-electron chi connectivity index (χ2n) is 6.00. The summed E-state index contributed by atoms with van der Waals surface area (Å²) in [4.78, 5) is 12.7. The zero-order valence-electron chi connectivity index (χ0n) is 15.1. The average Bonchev–Trinajstić information content (AvgIpc) is 2.60. The van der Waals surface area contributed by atoms with Crippen LogP contribution < -0.4 is 9.62 Å². The highest BCUT2D eigenvalue weighted by Gasteiger charge is 2.31. The lowest BCUT2D eigenvalue weighted by Crippen LogP contribution is -2.47. The van der Waals surface area contributed by atoms with E-state index >= 15 is 0 Å². The van der Waals surface area contributed by atoms with Crippen LogP contribution in [-0.2, 0) is 21.2 Å². The van der Waals surface area contributed by atoms with Gasteiger partial charge in [-0.15, -0.1) is 0 Å². The van der Waals surface area contributed by atoms with Crippen molar-refractivity contribution in [3.63, 3.8) is 0 Å². The molecule has 1 N–H and O–H groups in total. The highest BCUT2D eigenvalue weighted by Crippen LogP contribution is 2.23. The lowest BCUT2D eigenvalue weighted by Gasteiger charge is -2.30. The number of rotatable bonds is 7. The fourth-order valence-electron chi connectivity index (χ4n) is 2.70. The number of nitrogens with one attached hydrogen (secondary N) is 1. The molecule has 2 rings (SSSR count). The number of aryl methyl sites for hydroxylation is 1. The monoisotopic (exact) mass is 378 g/mol. The SMILES string of the molecule is CCc1ccc(NC(=O)[C@H](CC)N(c2ccc(F)cc2)S(C)(=O)=O)cc1. The molecule has 7 heteroatoms. The molecule has 0 bridgehead atoms. The molecule has 1 amide bonds. The second kappa shape index (κ2) is 8.31. The lowest BCUT2D eigenvalue weighted by atomic mass is 10.1. The number of hydrogen-bond acceptors (Lipinski definition) is 3. The van der Waals surface area contributed by atoms with Gasteiger partial charge in [-0.25, -0.2) is 12.8 Å². The van der Waals surface area contributed by atoms with Gasteiger partial charge in [-0.05, 0) is 54.8 Å². The van der Waals surface area contributed by atoms with Gasteiger partial charge in [0.1, 0.15) is 11.9 Å². The Morgan fingerprint density at radius 3 is 2.12 bits per heavy atom. The number of carbonyl (C=O) groups is 1. The number of nitrogens with zero attached hydrogens (tertiary/aromatic N) is 1. The molecule has 0 aliphatic rings. The van der Waals surface area contributed by atoms with Crippen LogP contribution in [0, 0.1) is 5.82 Å². The molecule has 0 unspecified atom stereocenters. The number of sulfonamides is 1. The third-order valence-electron chi connectivity index (χ3n) is 4.04. The maximum absolute atomic E-state index is 13.2. The minimum Gasteiger partial charge on any atom is -0.324 e. The first-order chi connectivity index (χ1) is 12.3. The van der Waals surface area contributed by atoms with Crippen molar-refractivity contribution in [1.29, 1.82) is 0 Å². The highest BCUT2D eigenvalue weighted by molar-refractivity contribution is 7.92. The number of anilines is 2. The fourth-order valence-corrected chi connectivity index (χ4v) is 3.91. The molecular formula is C19H23FN2O3S. The predicted molar refractivity (Wildman–Crippen MR) is 102 cm³/mol. The maximum atomic E-state index is 13.2. The van der Waals surface area contributed by atoms with E-state index in [9.17, 15) is 17.6 Å². The molecule has 1 atom stereocenters. The van der Waals surface area contributed by atoms with Crippen molar-refractivity contribution in [2.75, 3.05) is 15.9 Å². The molecule has 0 fully saturated rings. The van der Waals surface area contributed by atoms with E-state index in [1.165, 1.54) is 24.3 Å². The van der Waals surface area contributed by atoms with Crippen LogP contribution in [0.3, 0.4) is 0 Å². The van der Waals surface area contributed by atoms with Crippen LogP contribution in [0.2, 0.25) is 0 Å². The van der Waals surface area contributed by atoms with Crippen molar-refractivity contribution >= 4 is 27.3 Å². The topological polar surface area (TPSA) is 66.5 Å². The average molecular weight is 378 g/mol. The number of hydrogen-bond donors (Lipinski definition) is 1. The van der Waals surface area contributed by atoms with Gasteiger partial charge in [-0.1, -0.05) is 26.0 Å². The Morgan fingerprint density at radius 1 is 1.08 bits per heavy atom. The first-order valence-corrected chi connectivity index (χ1v) is 10.3. The van der Waals surface area contributed by atoms with Gasteiger partial charge in [-0.3, -0.25) is 9.10 Å². The van der Waals surface area contributed by atoms with Crippen LogP contribution in [0.15, 0.2) is 48.5 Å². The van der Waals surface area contributed by atoms with Gasteiger partial charge in [0.25, 0.3) is 0 Å². The third-order valence-corrected chi connectivity index (χ3v) is 5.22. The summed E-state index contributed by atoms with van der Waals surface area (Å²) in [6, 6.07) is 11.5. The first kappa shape index (κ1) is 19.9. The molecule has 0 aliphatic carbocycles. The van der Waals surface area contributed by atoms with Gasteiger partial charge in [-0.2, -0.15) is 0 Å². The molecule has 26 heavy (non-hydrogen) atoms. The molecule has 0 aliphatic heterocycles. The van der Waals surface area contributed by atoms with Gasteiger partial charge >= 0.3 is 0 Å². The summed E-state index contributed by atoms with van der Waals surface area (Å²) in [5, 5.41) is 2.76. The minimum absolute atomic E-state index is 0.247. The molecule has 0 radical (unpaired) electrons. The van der Waals surface area contributed by atoms with Crippen molar-refractivity contribution in [2.24, 2.45) is 0 Å². The Bertz CT molecular complexity index is 849. The summed E-state index contributed by atoms with van der Waals surface area (Å²) >= 11 is 0. The van der Waals surface area contributed by atoms with E-state index in [1.54, 1.807) is 19.1 Å². The van der Waals surface area contributed by atoms with E-state index in [-0.39, 0.29) is 12.1 Å². The van der Waals surface area contributed by atoms with Crippen LogP contribution in [0.1, 0.15) is 25.8 Å². The van der Waals surface area contributed by atoms with Crippen LogP contribution in [0.5, 0.6) is 0 Å². The Kier molecular flexibility index (Phi) is 6.37. The van der Waals surface area contributed by atoms with E-state index in [0.717, 1.165) is 22.5 Å². The molecule has 0 saturated heterocycles. The van der Waals surface area contributed by atoms with Crippen molar-refractivity contribution in [1.82, 2.24) is 0 Å². The van der Waals surface area contributed by atoms with Gasteiger partial charge in [0.05, 0.1) is 11.9 Å². The second-order valence-corrected chi connectivity index (χ2v) is 7.86. The maximum Gasteiger partial charge on any atom is 0.248 e. The molecular weight excluding hydrogens is 355 g/mol. The summed E-state index contributed by atoms with van der Waals surface area (Å²) in [6.45, 7) is 3.76. The van der Waals surface area contributed by atoms with E-state index in [4.69, 9.17) is 0 Å². The molecule has 2 aromatic rings. The molecule has 0 heterocycles. The number of carbonyl (C=O) groups excluding carboxylic acids is 1. The zero-order valence-corrected chi connectivity index (χ0v) is 15.9. The van der Waals surface area contributed by atoms with Crippen LogP contribution in [0.4, 0.5) is 15.8 Å². The third kappa shape index (κ3) is 4.82. The van der Waals surface area contributed by atoms with E-state index in [2.05, 4.69) is 5.32 Å². The number of benzene rings is 2. The van der Waals surface area contributed by atoms with Crippen molar-refractivity contribution in [3.05, 3.63) is 59.9 Å². The van der Waals surface area contributed by atoms with Crippen molar-refractivity contribution in [2.45, 2.75) is 32.7 Å². The summed E-state index contributed by atoms with van der Waals surface area (Å²) in [5.74, 6) is -0.915. The molecule has 5 nitrogen and oxygen atoms in total. The number of amides is 1. The van der Waals surface area contributed by atoms with E-state index < -0.39 is 27.8 Å². The molecule has 0 aromatic heterocycles. The Labute approximate surface area is 153 Å². The molecule has 0 spiro atoms. The first-order valence-electron chi connectivity index (χ1n) is 8.41. The smallest absolute Gasteiger partial charge is 0.248 e. The normalized spacial score (nSPS) is 12.5. The van der Waals surface area contributed by atoms with Gasteiger partial charge in [0, 0.05) is 5.69 Å². The van der Waals surface area contributed by atoms with E-state index in [1.807, 2.05) is 19.1 Å². The summed E-state index contributed by atoms with van der Waals surface area (Å²) in [7, 11) is -3.74. The van der Waals surface area contributed by atoms with Crippen molar-refractivity contribution < 1.29 is 17.6 Å². The van der Waals surface area contributed by atoms with Crippen LogP contribution in [-0.4, -0.2) is 26.6 Å². The lowest BCUT2D eigenvalue weighted by molar-refractivity contribution is -0.117. The minimum atomic E-state index is -3.74. The Morgan fingerprint density at radius 2 is 1.65 bits per heavy atom. The summed E-state index contributed by atoms with van der Waals surface area (Å²) < 4.78 is 38.8. The van der Waals surface area contributed by atoms with Gasteiger partial charge in [0.15, 0.2) is 0 Å². The summed E-state index contributed by atoms with van der Waals surface area (Å²) in [6.07, 6.45) is 2.18. The Balaban J connectivity index is 2.31. The van der Waals surface area contributed by atoms with E-state index in [0.29, 0.717) is 5.69 Å². The van der Waals surface area contributed by atoms with Crippen molar-refractivity contribution in [3.8, 4) is 0 Å². The molecule has 0 saturated carbocycles. The van der Waals surface area contributed by atoms with Gasteiger partial charge in [0.2, 0.25) is 15.9 Å². The van der Waals surface area contributed by atoms with Crippen LogP contribution in [0.25, 0.3) is 0 Å². The Hall–Kier alpha value is -2.41. The molecule has 140 valence electrons. The fraction of sp³-hybridized carbons (Fsp3) is 0.316. The predicted octanol–water partition coefficient (Wildman–Crippen LogP) is 3.57. The van der Waals surface area contributed by atoms with Gasteiger partial charge < -0.3 is 5.32 Å². The zero-order chi connectivity index (χ0) is 19.3. The van der Waals surface area contributed by atoms with Crippen LogP contribution >= 0.6 is 0 Å². The largest absolute Gasteiger partial charge is 0.324 e. The highest BCUT2D eigenvalue weighted by atomic mass is 32.2. The summed E-state index contributed by atoms with van der Waals surface area (Å²) in [5.41, 5.74) is 1.98. The standard InChI is InChI=1S/C19H23FN2O3S/c1-4-14-6-10-16(11-7-14)21-19(23)18(5-2)22(26(3,24)25)17-12-8-15(20)9-13-17/h6-13,18H,4-5H2,1-3H3,(H,21,23)/t18-/m0/s1. The molecule has 2 aromatic carbocycles. The number of halogens is 1.